The molecule has 0 aromatic carbocycles. The summed E-state index contributed by atoms with van der Waals surface area (Å²) in [7, 11) is 0. The van der Waals surface area contributed by atoms with Crippen LogP contribution in [0.1, 0.15) is 37.2 Å². The number of carbonyl (C=O) groups is 1. The SMILES string of the molecule is CCC(C#N)(CC)NC(=O)c1cncc(Cl)n1. The Kier molecular flexibility index (Phi) is 4.41. The summed E-state index contributed by atoms with van der Waals surface area (Å²) in [5.74, 6) is -0.440. The van der Waals surface area contributed by atoms with Gasteiger partial charge in [-0.2, -0.15) is 5.26 Å². The zero-order valence-corrected chi connectivity index (χ0v) is 10.5. The lowest BCUT2D eigenvalue weighted by Crippen LogP contribution is -2.46. The van der Waals surface area contributed by atoms with Crippen LogP contribution in [0.25, 0.3) is 0 Å². The zero-order valence-electron chi connectivity index (χ0n) is 9.70. The monoisotopic (exact) mass is 252 g/mol. The van der Waals surface area contributed by atoms with Gasteiger partial charge in [-0.25, -0.2) is 4.98 Å². The molecule has 1 amide bonds. The van der Waals surface area contributed by atoms with Crippen LogP contribution in [0.5, 0.6) is 0 Å². The van der Waals surface area contributed by atoms with Crippen LogP contribution in [0.2, 0.25) is 5.15 Å². The molecule has 0 unspecified atom stereocenters. The molecule has 0 aliphatic heterocycles. The highest BCUT2D eigenvalue weighted by molar-refractivity contribution is 6.29. The summed E-state index contributed by atoms with van der Waals surface area (Å²) in [6.07, 6.45) is 3.71. The van der Waals surface area contributed by atoms with E-state index in [4.69, 9.17) is 16.9 Å². The van der Waals surface area contributed by atoms with E-state index >= 15 is 0 Å². The molecule has 0 bridgehead atoms. The van der Waals surface area contributed by atoms with Crippen LogP contribution in [-0.2, 0) is 0 Å². The predicted octanol–water partition coefficient (Wildman–Crippen LogP) is 1.94. The number of nitriles is 1. The van der Waals surface area contributed by atoms with Crippen LogP contribution < -0.4 is 5.32 Å². The van der Waals surface area contributed by atoms with Crippen molar-refractivity contribution in [1.29, 1.82) is 5.26 Å². The number of amides is 1. The van der Waals surface area contributed by atoms with E-state index in [1.54, 1.807) is 0 Å². The molecule has 1 aromatic heterocycles. The molecule has 0 saturated heterocycles. The van der Waals surface area contributed by atoms with Crippen LogP contribution in [0.4, 0.5) is 0 Å². The van der Waals surface area contributed by atoms with Crippen molar-refractivity contribution in [2.75, 3.05) is 0 Å². The van der Waals surface area contributed by atoms with Gasteiger partial charge < -0.3 is 5.32 Å². The summed E-state index contributed by atoms with van der Waals surface area (Å²) in [4.78, 5) is 19.5. The summed E-state index contributed by atoms with van der Waals surface area (Å²) < 4.78 is 0. The van der Waals surface area contributed by atoms with Gasteiger partial charge in [-0.3, -0.25) is 9.78 Å². The third-order valence-electron chi connectivity index (χ3n) is 2.61. The van der Waals surface area contributed by atoms with Crippen LogP contribution in [-0.4, -0.2) is 21.4 Å². The van der Waals surface area contributed by atoms with Gasteiger partial charge in [-0.05, 0) is 12.8 Å². The molecule has 1 N–H and O–H groups in total. The van der Waals surface area contributed by atoms with E-state index < -0.39 is 11.4 Å². The van der Waals surface area contributed by atoms with Crippen molar-refractivity contribution >= 4 is 17.5 Å². The van der Waals surface area contributed by atoms with Crippen LogP contribution in [0.3, 0.4) is 0 Å². The molecule has 1 heterocycles. The molecule has 1 rings (SSSR count). The van der Waals surface area contributed by atoms with Crippen molar-refractivity contribution in [3.8, 4) is 6.07 Å². The van der Waals surface area contributed by atoms with E-state index in [-0.39, 0.29) is 10.8 Å². The van der Waals surface area contributed by atoms with E-state index in [0.29, 0.717) is 12.8 Å². The van der Waals surface area contributed by atoms with E-state index in [2.05, 4.69) is 21.4 Å². The average Bonchev–Trinajstić information content (AvgIpc) is 2.36. The highest BCUT2D eigenvalue weighted by Gasteiger charge is 2.28. The lowest BCUT2D eigenvalue weighted by Gasteiger charge is -2.24. The number of nitrogens with one attached hydrogen (secondary N) is 1. The summed E-state index contributed by atoms with van der Waals surface area (Å²) in [5, 5.41) is 11.9. The van der Waals surface area contributed by atoms with Crippen LogP contribution in [0.15, 0.2) is 12.4 Å². The maximum Gasteiger partial charge on any atom is 0.272 e. The van der Waals surface area contributed by atoms with Gasteiger partial charge in [0, 0.05) is 0 Å². The quantitative estimate of drug-likeness (QED) is 0.888. The first-order valence-corrected chi connectivity index (χ1v) is 5.66. The normalized spacial score (nSPS) is 10.7. The lowest BCUT2D eigenvalue weighted by molar-refractivity contribution is 0.0910. The van der Waals surface area contributed by atoms with Gasteiger partial charge >= 0.3 is 0 Å². The Morgan fingerprint density at radius 3 is 2.65 bits per heavy atom. The lowest BCUT2D eigenvalue weighted by atomic mass is 9.94. The number of halogens is 1. The number of nitrogens with zero attached hydrogens (tertiary/aromatic N) is 3. The number of hydrogen-bond acceptors (Lipinski definition) is 4. The van der Waals surface area contributed by atoms with Gasteiger partial charge in [0.2, 0.25) is 0 Å². The zero-order chi connectivity index (χ0) is 12.9. The molecule has 5 nitrogen and oxygen atoms in total. The molecule has 0 aliphatic rings. The molecule has 0 fully saturated rings. The van der Waals surface area contributed by atoms with E-state index in [1.165, 1.54) is 12.4 Å². The van der Waals surface area contributed by atoms with Crippen molar-refractivity contribution in [2.45, 2.75) is 32.2 Å². The van der Waals surface area contributed by atoms with Crippen molar-refractivity contribution in [1.82, 2.24) is 15.3 Å². The first-order valence-electron chi connectivity index (χ1n) is 5.28. The van der Waals surface area contributed by atoms with Gasteiger partial charge in [-0.1, -0.05) is 25.4 Å². The summed E-state index contributed by atoms with van der Waals surface area (Å²) >= 11 is 5.64. The Labute approximate surface area is 105 Å². The molecule has 0 radical (unpaired) electrons. The Hall–Kier alpha value is -1.67. The fourth-order valence-electron chi connectivity index (χ4n) is 1.35. The molecule has 17 heavy (non-hydrogen) atoms. The fraction of sp³-hybridized carbons (Fsp3) is 0.455. The molecular weight excluding hydrogens is 240 g/mol. The maximum absolute atomic E-state index is 11.9. The minimum absolute atomic E-state index is 0.110. The predicted molar refractivity (Wildman–Crippen MR) is 63.4 cm³/mol. The third kappa shape index (κ3) is 3.14. The molecule has 6 heteroatoms. The van der Waals surface area contributed by atoms with Gasteiger partial charge in [0.25, 0.3) is 5.91 Å². The minimum atomic E-state index is -0.860. The fourth-order valence-corrected chi connectivity index (χ4v) is 1.49. The van der Waals surface area contributed by atoms with Crippen LogP contribution in [0, 0.1) is 11.3 Å². The average molecular weight is 253 g/mol. The minimum Gasteiger partial charge on any atom is -0.332 e. The summed E-state index contributed by atoms with van der Waals surface area (Å²) in [5.41, 5.74) is -0.750. The van der Waals surface area contributed by atoms with Crippen molar-refractivity contribution in [2.24, 2.45) is 0 Å². The number of rotatable bonds is 4. The number of carbonyl (C=O) groups excluding carboxylic acids is 1. The molecule has 0 saturated carbocycles. The summed E-state index contributed by atoms with van der Waals surface area (Å²) in [6, 6.07) is 2.12. The van der Waals surface area contributed by atoms with Crippen molar-refractivity contribution < 1.29 is 4.79 Å². The Balaban J connectivity index is 2.89. The second kappa shape index (κ2) is 5.60. The van der Waals surface area contributed by atoms with E-state index in [1.807, 2.05) is 13.8 Å². The van der Waals surface area contributed by atoms with Crippen molar-refractivity contribution in [3.63, 3.8) is 0 Å². The highest BCUT2D eigenvalue weighted by atomic mass is 35.5. The maximum atomic E-state index is 11.9. The topological polar surface area (TPSA) is 78.7 Å². The number of hydrogen-bond donors (Lipinski definition) is 1. The Morgan fingerprint density at radius 1 is 1.53 bits per heavy atom. The van der Waals surface area contributed by atoms with Gasteiger partial charge in [0.15, 0.2) is 0 Å². The second-order valence-corrected chi connectivity index (χ2v) is 3.97. The standard InChI is InChI=1S/C11H13ClN4O/c1-3-11(4-2,7-13)16-10(17)8-5-14-6-9(12)15-8/h5-6H,3-4H2,1-2H3,(H,16,17). The molecular formula is C11H13ClN4O. The molecule has 0 aliphatic carbocycles. The molecule has 90 valence electrons. The van der Waals surface area contributed by atoms with Gasteiger partial charge in [0.05, 0.1) is 18.5 Å². The molecule has 1 aromatic rings. The Bertz CT molecular complexity index is 451. The molecule has 0 spiro atoms. The van der Waals surface area contributed by atoms with Gasteiger partial charge in [-0.15, -0.1) is 0 Å². The van der Waals surface area contributed by atoms with Gasteiger partial charge in [0.1, 0.15) is 16.4 Å². The second-order valence-electron chi connectivity index (χ2n) is 3.58. The first kappa shape index (κ1) is 13.4. The number of aromatic nitrogens is 2. The largest absolute Gasteiger partial charge is 0.332 e. The summed E-state index contributed by atoms with van der Waals surface area (Å²) in [6.45, 7) is 3.69. The smallest absolute Gasteiger partial charge is 0.272 e. The molecule has 0 atom stereocenters. The van der Waals surface area contributed by atoms with Crippen LogP contribution >= 0.6 is 11.6 Å². The van der Waals surface area contributed by atoms with Crippen molar-refractivity contribution in [3.05, 3.63) is 23.2 Å². The third-order valence-corrected chi connectivity index (χ3v) is 2.79. The first-order chi connectivity index (χ1) is 8.06. The highest BCUT2D eigenvalue weighted by Crippen LogP contribution is 2.14. The van der Waals surface area contributed by atoms with E-state index in [0.717, 1.165) is 0 Å². The van der Waals surface area contributed by atoms with E-state index in [9.17, 15) is 4.79 Å². The Morgan fingerprint density at radius 2 is 2.18 bits per heavy atom.